The second-order valence-electron chi connectivity index (χ2n) is 5.15. The molecule has 4 heteroatoms. The van der Waals surface area contributed by atoms with E-state index in [-0.39, 0.29) is 0 Å². The molecule has 0 unspecified atom stereocenters. The van der Waals surface area contributed by atoms with Crippen molar-refractivity contribution >= 4 is 10.0 Å². The highest BCUT2D eigenvalue weighted by Crippen LogP contribution is 2.10. The van der Waals surface area contributed by atoms with Crippen molar-refractivity contribution in [1.82, 2.24) is 4.72 Å². The number of sulfonamides is 1. The Morgan fingerprint density at radius 2 is 1.57 bits per heavy atom. The van der Waals surface area contributed by atoms with Gasteiger partial charge in [-0.1, -0.05) is 48.0 Å². The molecule has 0 aromatic heterocycles. The average Bonchev–Trinajstić information content (AvgIpc) is 2.48. The first-order chi connectivity index (χ1) is 10.1. The number of rotatable bonds is 7. The van der Waals surface area contributed by atoms with Gasteiger partial charge in [0.25, 0.3) is 0 Å². The molecule has 0 aliphatic rings. The van der Waals surface area contributed by atoms with E-state index in [1.807, 2.05) is 37.3 Å². The fourth-order valence-corrected chi connectivity index (χ4v) is 3.18. The Morgan fingerprint density at radius 1 is 0.905 bits per heavy atom. The first-order valence-electron chi connectivity index (χ1n) is 7.18. The largest absolute Gasteiger partial charge is 0.240 e. The lowest BCUT2D eigenvalue weighted by molar-refractivity contribution is 0.576. The number of hydrogen-bond acceptors (Lipinski definition) is 2. The van der Waals surface area contributed by atoms with Gasteiger partial charge in [0.1, 0.15) is 0 Å². The SMILES string of the molecule is Cc1ccc(S(=O)(=O)NCCCCc2ccccc2)cc1. The predicted octanol–water partition coefficient (Wildman–Crippen LogP) is 3.30. The summed E-state index contributed by atoms with van der Waals surface area (Å²) in [6.45, 7) is 2.41. The van der Waals surface area contributed by atoms with Crippen molar-refractivity contribution in [3.8, 4) is 0 Å². The number of hydrogen-bond donors (Lipinski definition) is 1. The zero-order chi connectivity index (χ0) is 15.1. The van der Waals surface area contributed by atoms with Crippen molar-refractivity contribution in [2.24, 2.45) is 0 Å². The molecule has 21 heavy (non-hydrogen) atoms. The summed E-state index contributed by atoms with van der Waals surface area (Å²) in [7, 11) is -3.37. The molecule has 0 aliphatic carbocycles. The maximum absolute atomic E-state index is 12.1. The third kappa shape index (κ3) is 4.99. The van der Waals surface area contributed by atoms with E-state index in [9.17, 15) is 8.42 Å². The van der Waals surface area contributed by atoms with Gasteiger partial charge in [-0.3, -0.25) is 0 Å². The minimum absolute atomic E-state index is 0.330. The molecule has 3 nitrogen and oxygen atoms in total. The van der Waals surface area contributed by atoms with E-state index in [0.717, 1.165) is 24.8 Å². The normalized spacial score (nSPS) is 11.5. The molecule has 0 saturated heterocycles. The van der Waals surface area contributed by atoms with Crippen molar-refractivity contribution in [3.63, 3.8) is 0 Å². The van der Waals surface area contributed by atoms with Crippen LogP contribution in [-0.2, 0) is 16.4 Å². The molecule has 0 fully saturated rings. The lowest BCUT2D eigenvalue weighted by Gasteiger charge is -2.07. The van der Waals surface area contributed by atoms with E-state index in [4.69, 9.17) is 0 Å². The topological polar surface area (TPSA) is 46.2 Å². The van der Waals surface area contributed by atoms with Gasteiger partial charge in [0, 0.05) is 6.54 Å². The second kappa shape index (κ2) is 7.38. The summed E-state index contributed by atoms with van der Waals surface area (Å²) in [4.78, 5) is 0.330. The molecule has 0 atom stereocenters. The molecule has 0 bridgehead atoms. The summed E-state index contributed by atoms with van der Waals surface area (Å²) >= 11 is 0. The molecule has 2 aromatic carbocycles. The lowest BCUT2D eigenvalue weighted by atomic mass is 10.1. The summed E-state index contributed by atoms with van der Waals surface area (Å²) in [6.07, 6.45) is 2.79. The zero-order valence-electron chi connectivity index (χ0n) is 12.2. The molecule has 2 rings (SSSR count). The molecular formula is C17H21NO2S. The van der Waals surface area contributed by atoms with Gasteiger partial charge in [-0.05, 0) is 43.9 Å². The fraction of sp³-hybridized carbons (Fsp3) is 0.294. The van der Waals surface area contributed by atoms with Crippen molar-refractivity contribution in [3.05, 3.63) is 65.7 Å². The van der Waals surface area contributed by atoms with Crippen molar-refractivity contribution < 1.29 is 8.42 Å². The Balaban J connectivity index is 1.76. The van der Waals surface area contributed by atoms with Gasteiger partial charge >= 0.3 is 0 Å². The maximum atomic E-state index is 12.1. The summed E-state index contributed by atoms with van der Waals surface area (Å²) in [6, 6.07) is 17.1. The Hall–Kier alpha value is -1.65. The molecule has 2 aromatic rings. The van der Waals surface area contributed by atoms with Gasteiger partial charge in [0.05, 0.1) is 4.90 Å². The predicted molar refractivity (Wildman–Crippen MR) is 85.7 cm³/mol. The molecule has 0 spiro atoms. The summed E-state index contributed by atoms with van der Waals surface area (Å²) in [5, 5.41) is 0. The Labute approximate surface area is 127 Å². The van der Waals surface area contributed by atoms with Gasteiger partial charge in [0.2, 0.25) is 10.0 Å². The number of aryl methyl sites for hydroxylation is 2. The van der Waals surface area contributed by atoms with Crippen LogP contribution in [0.25, 0.3) is 0 Å². The number of nitrogens with one attached hydrogen (secondary N) is 1. The highest BCUT2D eigenvalue weighted by atomic mass is 32.2. The quantitative estimate of drug-likeness (QED) is 0.798. The van der Waals surface area contributed by atoms with Crippen LogP contribution in [0, 0.1) is 6.92 Å². The molecular weight excluding hydrogens is 282 g/mol. The summed E-state index contributed by atoms with van der Waals surface area (Å²) in [5.41, 5.74) is 2.34. The van der Waals surface area contributed by atoms with Crippen LogP contribution < -0.4 is 4.72 Å². The monoisotopic (exact) mass is 303 g/mol. The van der Waals surface area contributed by atoms with Crippen molar-refractivity contribution in [1.29, 1.82) is 0 Å². The fourth-order valence-electron chi connectivity index (χ4n) is 2.11. The molecule has 0 aliphatic heterocycles. The zero-order valence-corrected chi connectivity index (χ0v) is 13.1. The van der Waals surface area contributed by atoms with E-state index in [1.165, 1.54) is 5.56 Å². The van der Waals surface area contributed by atoms with Gasteiger partial charge in [-0.2, -0.15) is 0 Å². The third-order valence-electron chi connectivity index (χ3n) is 3.36. The highest BCUT2D eigenvalue weighted by molar-refractivity contribution is 7.89. The van der Waals surface area contributed by atoms with Crippen LogP contribution in [0.15, 0.2) is 59.5 Å². The smallest absolute Gasteiger partial charge is 0.211 e. The van der Waals surface area contributed by atoms with Crippen LogP contribution in [0.1, 0.15) is 24.0 Å². The van der Waals surface area contributed by atoms with Crippen LogP contribution in [-0.4, -0.2) is 15.0 Å². The molecule has 0 amide bonds. The minimum atomic E-state index is -3.37. The highest BCUT2D eigenvalue weighted by Gasteiger charge is 2.12. The van der Waals surface area contributed by atoms with E-state index < -0.39 is 10.0 Å². The van der Waals surface area contributed by atoms with Crippen LogP contribution in [0.2, 0.25) is 0 Å². The maximum Gasteiger partial charge on any atom is 0.240 e. The molecule has 1 N–H and O–H groups in total. The summed E-state index contributed by atoms with van der Waals surface area (Å²) < 4.78 is 26.8. The minimum Gasteiger partial charge on any atom is -0.211 e. The van der Waals surface area contributed by atoms with Gasteiger partial charge in [0.15, 0.2) is 0 Å². The molecule has 112 valence electrons. The Morgan fingerprint density at radius 3 is 2.24 bits per heavy atom. The van der Waals surface area contributed by atoms with Gasteiger partial charge in [-0.25, -0.2) is 13.1 Å². The Kier molecular flexibility index (Phi) is 5.53. The van der Waals surface area contributed by atoms with E-state index >= 15 is 0 Å². The molecule has 0 saturated carbocycles. The first kappa shape index (κ1) is 15.7. The van der Waals surface area contributed by atoms with Gasteiger partial charge in [-0.15, -0.1) is 0 Å². The van der Waals surface area contributed by atoms with Crippen molar-refractivity contribution in [2.75, 3.05) is 6.54 Å². The van der Waals surface area contributed by atoms with Crippen LogP contribution in [0.3, 0.4) is 0 Å². The number of unbranched alkanes of at least 4 members (excludes halogenated alkanes) is 1. The Bertz CT molecular complexity index is 649. The van der Waals surface area contributed by atoms with Crippen LogP contribution in [0.4, 0.5) is 0 Å². The average molecular weight is 303 g/mol. The second-order valence-corrected chi connectivity index (χ2v) is 6.92. The van der Waals surface area contributed by atoms with Crippen LogP contribution >= 0.6 is 0 Å². The van der Waals surface area contributed by atoms with E-state index in [0.29, 0.717) is 11.4 Å². The van der Waals surface area contributed by atoms with Crippen LogP contribution in [0.5, 0.6) is 0 Å². The van der Waals surface area contributed by atoms with E-state index in [2.05, 4.69) is 16.9 Å². The van der Waals surface area contributed by atoms with Gasteiger partial charge < -0.3 is 0 Å². The standard InChI is InChI=1S/C17H21NO2S/c1-15-10-12-17(13-11-15)21(19,20)18-14-6-5-9-16-7-3-2-4-8-16/h2-4,7-8,10-13,18H,5-6,9,14H2,1H3. The third-order valence-corrected chi connectivity index (χ3v) is 4.84. The number of benzene rings is 2. The molecule has 0 radical (unpaired) electrons. The van der Waals surface area contributed by atoms with E-state index in [1.54, 1.807) is 12.1 Å². The summed E-state index contributed by atoms with van der Waals surface area (Å²) in [5.74, 6) is 0. The molecule has 0 heterocycles. The lowest BCUT2D eigenvalue weighted by Crippen LogP contribution is -2.24. The first-order valence-corrected chi connectivity index (χ1v) is 8.66. The van der Waals surface area contributed by atoms with Crippen molar-refractivity contribution in [2.45, 2.75) is 31.1 Å².